The highest BCUT2D eigenvalue weighted by Crippen LogP contribution is 2.38. The molecule has 0 unspecified atom stereocenters. The van der Waals surface area contributed by atoms with Crippen molar-refractivity contribution >= 4 is 21.6 Å². The molecule has 0 aliphatic heterocycles. The highest BCUT2D eigenvalue weighted by atomic mass is 79.9. The summed E-state index contributed by atoms with van der Waals surface area (Å²) in [5, 5.41) is 3.52. The van der Waals surface area contributed by atoms with Crippen LogP contribution in [0.15, 0.2) is 22.7 Å². The minimum Gasteiger partial charge on any atom is -0.382 e. The number of benzene rings is 1. The van der Waals surface area contributed by atoms with Crippen LogP contribution in [0, 0.1) is 17.2 Å². The zero-order chi connectivity index (χ0) is 14.0. The lowest BCUT2D eigenvalue weighted by Gasteiger charge is -2.37. The van der Waals surface area contributed by atoms with Crippen molar-refractivity contribution < 1.29 is 4.39 Å². The van der Waals surface area contributed by atoms with Gasteiger partial charge in [-0.2, -0.15) is 0 Å². The lowest BCUT2D eigenvalue weighted by Crippen LogP contribution is -2.31. The van der Waals surface area contributed by atoms with Crippen molar-refractivity contribution in [3.8, 4) is 0 Å². The fourth-order valence-electron chi connectivity index (χ4n) is 2.93. The fraction of sp³-hybridized carbons (Fsp3) is 0.625. The molecule has 0 bridgehead atoms. The van der Waals surface area contributed by atoms with Gasteiger partial charge in [-0.25, -0.2) is 4.39 Å². The number of hydrogen-bond donors (Lipinski definition) is 1. The molecule has 19 heavy (non-hydrogen) atoms. The van der Waals surface area contributed by atoms with Crippen LogP contribution in [0.4, 0.5) is 10.1 Å². The standard InChI is InChI=1S/C16H23BrFN/c1-16(2,3)11-4-6-12(7-5-11)19-13-8-9-15(18)14(17)10-13/h8-12,19H,4-7H2,1-3H3. The van der Waals surface area contributed by atoms with Gasteiger partial charge >= 0.3 is 0 Å². The first kappa shape index (κ1) is 14.8. The maximum atomic E-state index is 13.2. The number of nitrogens with one attached hydrogen (secondary N) is 1. The van der Waals surface area contributed by atoms with Gasteiger partial charge in [-0.1, -0.05) is 20.8 Å². The van der Waals surface area contributed by atoms with Crippen molar-refractivity contribution in [1.29, 1.82) is 0 Å². The summed E-state index contributed by atoms with van der Waals surface area (Å²) in [6.07, 6.45) is 4.97. The van der Waals surface area contributed by atoms with E-state index >= 15 is 0 Å². The fourth-order valence-corrected chi connectivity index (χ4v) is 3.30. The Kier molecular flexibility index (Phi) is 4.54. The first-order valence-corrected chi connectivity index (χ1v) is 7.87. The third-order valence-corrected chi connectivity index (χ3v) is 4.85. The van der Waals surface area contributed by atoms with Crippen LogP contribution >= 0.6 is 15.9 Å². The van der Waals surface area contributed by atoms with Crippen LogP contribution in [0.5, 0.6) is 0 Å². The van der Waals surface area contributed by atoms with Crippen LogP contribution in [-0.2, 0) is 0 Å². The van der Waals surface area contributed by atoms with Crippen LogP contribution in [-0.4, -0.2) is 6.04 Å². The second kappa shape index (κ2) is 5.82. The smallest absolute Gasteiger partial charge is 0.137 e. The molecule has 1 nitrogen and oxygen atoms in total. The summed E-state index contributed by atoms with van der Waals surface area (Å²) >= 11 is 3.23. The maximum Gasteiger partial charge on any atom is 0.137 e. The summed E-state index contributed by atoms with van der Waals surface area (Å²) < 4.78 is 13.7. The molecule has 1 aromatic carbocycles. The van der Waals surface area contributed by atoms with Crippen LogP contribution in [0.1, 0.15) is 46.5 Å². The Bertz CT molecular complexity index is 431. The van der Waals surface area contributed by atoms with Gasteiger partial charge < -0.3 is 5.32 Å². The summed E-state index contributed by atoms with van der Waals surface area (Å²) in [4.78, 5) is 0. The van der Waals surface area contributed by atoms with E-state index in [-0.39, 0.29) is 5.82 Å². The molecule has 0 aromatic heterocycles. The van der Waals surface area contributed by atoms with Gasteiger partial charge in [0.1, 0.15) is 5.82 Å². The topological polar surface area (TPSA) is 12.0 Å². The number of anilines is 1. The van der Waals surface area contributed by atoms with Gasteiger partial charge in [0.25, 0.3) is 0 Å². The first-order chi connectivity index (χ1) is 8.86. The zero-order valence-corrected chi connectivity index (χ0v) is 13.6. The molecule has 1 saturated carbocycles. The molecule has 1 aliphatic carbocycles. The van der Waals surface area contributed by atoms with Crippen molar-refractivity contribution in [1.82, 2.24) is 0 Å². The number of hydrogen-bond acceptors (Lipinski definition) is 1. The molecule has 0 atom stereocenters. The van der Waals surface area contributed by atoms with Crippen LogP contribution in [0.3, 0.4) is 0 Å². The molecule has 1 aromatic rings. The van der Waals surface area contributed by atoms with Gasteiger partial charge in [-0.15, -0.1) is 0 Å². The summed E-state index contributed by atoms with van der Waals surface area (Å²) in [5.74, 6) is 0.618. The van der Waals surface area contributed by atoms with E-state index in [0.717, 1.165) is 11.6 Å². The van der Waals surface area contributed by atoms with Crippen molar-refractivity contribution in [2.45, 2.75) is 52.5 Å². The normalized spacial score (nSPS) is 24.3. The summed E-state index contributed by atoms with van der Waals surface area (Å²) in [5.41, 5.74) is 1.43. The second-order valence-electron chi connectivity index (χ2n) is 6.69. The van der Waals surface area contributed by atoms with Gasteiger partial charge in [-0.05, 0) is 71.1 Å². The van der Waals surface area contributed by atoms with Gasteiger partial charge in [0.2, 0.25) is 0 Å². The largest absolute Gasteiger partial charge is 0.382 e. The van der Waals surface area contributed by atoms with E-state index in [9.17, 15) is 4.39 Å². The lowest BCUT2D eigenvalue weighted by molar-refractivity contribution is 0.173. The van der Waals surface area contributed by atoms with E-state index in [4.69, 9.17) is 0 Å². The van der Waals surface area contributed by atoms with Crippen molar-refractivity contribution in [3.63, 3.8) is 0 Å². The molecule has 2 rings (SSSR count). The van der Waals surface area contributed by atoms with Crippen molar-refractivity contribution in [2.75, 3.05) is 5.32 Å². The molecule has 1 N–H and O–H groups in total. The SMILES string of the molecule is CC(C)(C)C1CCC(Nc2ccc(F)c(Br)c2)CC1. The van der Waals surface area contributed by atoms with Crippen molar-refractivity contribution in [2.24, 2.45) is 11.3 Å². The molecule has 1 fully saturated rings. The minimum absolute atomic E-state index is 0.206. The monoisotopic (exact) mass is 327 g/mol. The minimum atomic E-state index is -0.206. The van der Waals surface area contributed by atoms with Crippen LogP contribution < -0.4 is 5.32 Å². The molecule has 3 heteroatoms. The highest BCUT2D eigenvalue weighted by Gasteiger charge is 2.29. The predicted molar refractivity (Wildman–Crippen MR) is 82.9 cm³/mol. The molecule has 0 amide bonds. The molecule has 1 aliphatic rings. The maximum absolute atomic E-state index is 13.2. The number of halogens is 2. The van der Waals surface area contributed by atoms with Gasteiger partial charge in [-0.3, -0.25) is 0 Å². The van der Waals surface area contributed by atoms with Gasteiger partial charge in [0, 0.05) is 11.7 Å². The molecule has 0 radical (unpaired) electrons. The lowest BCUT2D eigenvalue weighted by atomic mass is 9.71. The predicted octanol–water partition coefficient (Wildman–Crippen LogP) is 5.61. The molecule has 0 spiro atoms. The summed E-state index contributed by atoms with van der Waals surface area (Å²) in [7, 11) is 0. The van der Waals surface area contributed by atoms with Crippen molar-refractivity contribution in [3.05, 3.63) is 28.5 Å². The Morgan fingerprint density at radius 2 is 1.79 bits per heavy atom. The molecule has 0 heterocycles. The Hall–Kier alpha value is -0.570. The average Bonchev–Trinajstić information content (AvgIpc) is 2.33. The Morgan fingerprint density at radius 3 is 2.32 bits per heavy atom. The van der Waals surface area contributed by atoms with E-state index in [2.05, 4.69) is 42.0 Å². The highest BCUT2D eigenvalue weighted by molar-refractivity contribution is 9.10. The van der Waals surface area contributed by atoms with E-state index < -0.39 is 0 Å². The zero-order valence-electron chi connectivity index (χ0n) is 12.0. The molecular formula is C16H23BrFN. The second-order valence-corrected chi connectivity index (χ2v) is 7.54. The number of rotatable bonds is 2. The van der Waals surface area contributed by atoms with Crippen LogP contribution in [0.2, 0.25) is 0 Å². The Balaban J connectivity index is 1.90. The van der Waals surface area contributed by atoms with E-state index in [0.29, 0.717) is 15.9 Å². The quantitative estimate of drug-likeness (QED) is 0.744. The van der Waals surface area contributed by atoms with E-state index in [1.54, 1.807) is 0 Å². The van der Waals surface area contributed by atoms with Crippen LogP contribution in [0.25, 0.3) is 0 Å². The Labute approximate surface area is 124 Å². The molecule has 0 saturated heterocycles. The van der Waals surface area contributed by atoms with Gasteiger partial charge in [0.15, 0.2) is 0 Å². The summed E-state index contributed by atoms with van der Waals surface area (Å²) in [6.45, 7) is 7.01. The van der Waals surface area contributed by atoms with E-state index in [1.165, 1.54) is 31.7 Å². The third-order valence-electron chi connectivity index (χ3n) is 4.24. The van der Waals surface area contributed by atoms with E-state index in [1.807, 2.05) is 12.1 Å². The average molecular weight is 328 g/mol. The third kappa shape index (κ3) is 3.95. The Morgan fingerprint density at radius 1 is 1.16 bits per heavy atom. The molecule has 106 valence electrons. The summed E-state index contributed by atoms with van der Waals surface area (Å²) in [6, 6.07) is 5.67. The molecular weight excluding hydrogens is 305 g/mol. The van der Waals surface area contributed by atoms with Gasteiger partial charge in [0.05, 0.1) is 4.47 Å². The first-order valence-electron chi connectivity index (χ1n) is 7.08.